The fraction of sp³-hybridized carbons (Fsp3) is 0.400. The van der Waals surface area contributed by atoms with Crippen molar-refractivity contribution < 1.29 is 34.3 Å². The first-order chi connectivity index (χ1) is 10.5. The molecule has 116 valence electrons. The van der Waals surface area contributed by atoms with Crippen LogP contribution in [0.25, 0.3) is 6.08 Å². The number of hydrogen-bond donors (Lipinski definition) is 3. The van der Waals surface area contributed by atoms with Gasteiger partial charge in [-0.2, -0.15) is 0 Å². The molecule has 0 aromatic heterocycles. The Balaban J connectivity index is 1.76. The quantitative estimate of drug-likeness (QED) is 0.485. The van der Waals surface area contributed by atoms with Crippen molar-refractivity contribution in [2.75, 3.05) is 6.61 Å². The van der Waals surface area contributed by atoms with Crippen molar-refractivity contribution in [3.63, 3.8) is 0 Å². The second-order valence-electron chi connectivity index (χ2n) is 5.63. The molecule has 0 saturated carbocycles. The van der Waals surface area contributed by atoms with Crippen molar-refractivity contribution in [3.8, 4) is 5.75 Å². The highest BCUT2D eigenvalue weighted by Gasteiger charge is 2.68. The molecule has 7 nitrogen and oxygen atoms in total. The van der Waals surface area contributed by atoms with Crippen LogP contribution in [0, 0.1) is 5.92 Å². The van der Waals surface area contributed by atoms with Crippen LogP contribution >= 0.6 is 0 Å². The van der Waals surface area contributed by atoms with Crippen LogP contribution in [0.2, 0.25) is 0 Å². The Morgan fingerprint density at radius 1 is 1.27 bits per heavy atom. The van der Waals surface area contributed by atoms with E-state index in [-0.39, 0.29) is 17.9 Å². The summed E-state index contributed by atoms with van der Waals surface area (Å²) in [5.74, 6) is -3.26. The summed E-state index contributed by atoms with van der Waals surface area (Å²) in [4.78, 5) is 12.1. The van der Waals surface area contributed by atoms with E-state index in [9.17, 15) is 20.1 Å². The largest absolute Gasteiger partial charge is 0.508 e. The van der Waals surface area contributed by atoms with E-state index >= 15 is 0 Å². The first-order valence-electron chi connectivity index (χ1n) is 6.90. The number of hydrogen-bond acceptors (Lipinski definition) is 7. The average Bonchev–Trinajstić information content (AvgIpc) is 2.93. The standard InChI is InChI=1S/C15H14O7/c16-8-3-1-7(2-4-8)5-9-11-12(21-13(9)17)10-6-20-14(18)15(11,19)22-10/h1-5,10-12,14,16,18-19H,6H2/b9-5+/t10-,11-,12-,14+,15-/m1/s1. The summed E-state index contributed by atoms with van der Waals surface area (Å²) in [6.45, 7) is 0.0460. The minimum absolute atomic E-state index is 0.0460. The van der Waals surface area contributed by atoms with E-state index in [0.717, 1.165) is 0 Å². The third-order valence-corrected chi connectivity index (χ3v) is 4.28. The lowest BCUT2D eigenvalue weighted by molar-refractivity contribution is -0.361. The number of rotatable bonds is 1. The molecule has 0 aliphatic carbocycles. The highest BCUT2D eigenvalue weighted by atomic mass is 16.8. The van der Waals surface area contributed by atoms with Crippen molar-refractivity contribution in [1.82, 2.24) is 0 Å². The molecular formula is C15H14O7. The minimum Gasteiger partial charge on any atom is -0.508 e. The molecule has 2 bridgehead atoms. The normalized spacial score (nSPS) is 41.5. The topological polar surface area (TPSA) is 105 Å². The van der Waals surface area contributed by atoms with Crippen LogP contribution in [0.15, 0.2) is 29.8 Å². The maximum absolute atomic E-state index is 12.1. The molecule has 0 unspecified atom stereocenters. The Bertz CT molecular complexity index is 652. The number of carbonyl (C=O) groups excluding carboxylic acids is 1. The maximum Gasteiger partial charge on any atom is 0.335 e. The molecule has 0 radical (unpaired) electrons. The maximum atomic E-state index is 12.1. The molecule has 3 aliphatic rings. The van der Waals surface area contributed by atoms with E-state index in [4.69, 9.17) is 14.2 Å². The number of esters is 1. The van der Waals surface area contributed by atoms with E-state index in [1.807, 2.05) is 0 Å². The van der Waals surface area contributed by atoms with Gasteiger partial charge >= 0.3 is 5.97 Å². The fourth-order valence-corrected chi connectivity index (χ4v) is 3.24. The first kappa shape index (κ1) is 13.7. The van der Waals surface area contributed by atoms with Gasteiger partial charge in [0.1, 0.15) is 18.0 Å². The molecule has 3 aliphatic heterocycles. The molecule has 3 N–H and O–H groups in total. The third-order valence-electron chi connectivity index (χ3n) is 4.28. The summed E-state index contributed by atoms with van der Waals surface area (Å²) in [6, 6.07) is 6.23. The van der Waals surface area contributed by atoms with Crippen molar-refractivity contribution in [3.05, 3.63) is 35.4 Å². The Morgan fingerprint density at radius 2 is 2.00 bits per heavy atom. The molecule has 1 aromatic rings. The Labute approximate surface area is 125 Å². The lowest BCUT2D eigenvalue weighted by atomic mass is 9.87. The lowest BCUT2D eigenvalue weighted by Crippen LogP contribution is -2.52. The highest BCUT2D eigenvalue weighted by Crippen LogP contribution is 2.50. The van der Waals surface area contributed by atoms with Gasteiger partial charge in [0.15, 0.2) is 0 Å². The molecule has 0 amide bonds. The molecular weight excluding hydrogens is 292 g/mol. The average molecular weight is 306 g/mol. The van der Waals surface area contributed by atoms with Crippen molar-refractivity contribution >= 4 is 12.0 Å². The molecule has 22 heavy (non-hydrogen) atoms. The number of ether oxygens (including phenoxy) is 3. The molecule has 3 saturated heterocycles. The number of fused-ring (bicyclic) bond motifs is 5. The summed E-state index contributed by atoms with van der Waals surface area (Å²) in [5.41, 5.74) is 0.871. The van der Waals surface area contributed by atoms with Crippen molar-refractivity contribution in [2.45, 2.75) is 24.3 Å². The molecule has 3 fully saturated rings. The lowest BCUT2D eigenvalue weighted by Gasteiger charge is -2.35. The first-order valence-corrected chi connectivity index (χ1v) is 6.90. The van der Waals surface area contributed by atoms with Gasteiger partial charge in [-0.3, -0.25) is 0 Å². The van der Waals surface area contributed by atoms with Crippen LogP contribution in [0.1, 0.15) is 5.56 Å². The van der Waals surface area contributed by atoms with Gasteiger partial charge in [-0.1, -0.05) is 12.1 Å². The summed E-state index contributed by atoms with van der Waals surface area (Å²) < 4.78 is 15.8. The van der Waals surface area contributed by atoms with Gasteiger partial charge in [-0.15, -0.1) is 0 Å². The number of aliphatic hydroxyl groups excluding tert-OH is 1. The Hall–Kier alpha value is -1.93. The number of aromatic hydroxyl groups is 1. The molecule has 0 spiro atoms. The number of phenolic OH excluding ortho intramolecular Hbond substituents is 1. The minimum atomic E-state index is -2.00. The van der Waals surface area contributed by atoms with E-state index < -0.39 is 36.2 Å². The number of carbonyl (C=O) groups is 1. The Kier molecular flexibility index (Phi) is 2.82. The van der Waals surface area contributed by atoms with Crippen LogP contribution in [0.5, 0.6) is 5.75 Å². The van der Waals surface area contributed by atoms with Crippen molar-refractivity contribution in [1.29, 1.82) is 0 Å². The SMILES string of the molecule is O=C1O[C@H]2[C@@H](/C1=C\c1ccc(O)cc1)[C@@]1(O)O[C@@H]2CO[C@@H]1O. The monoisotopic (exact) mass is 306 g/mol. The van der Waals surface area contributed by atoms with Gasteiger partial charge in [0.25, 0.3) is 0 Å². The van der Waals surface area contributed by atoms with Crippen LogP contribution in [0.4, 0.5) is 0 Å². The summed E-state index contributed by atoms with van der Waals surface area (Å²) in [6.07, 6.45) is -1.27. The van der Waals surface area contributed by atoms with E-state index in [0.29, 0.717) is 5.56 Å². The molecule has 7 heteroatoms. The zero-order valence-electron chi connectivity index (χ0n) is 11.4. The molecule has 5 atom stereocenters. The third kappa shape index (κ3) is 1.80. The molecule has 3 heterocycles. The zero-order chi connectivity index (χ0) is 15.5. The smallest absolute Gasteiger partial charge is 0.335 e. The van der Waals surface area contributed by atoms with Gasteiger partial charge in [0, 0.05) is 0 Å². The summed E-state index contributed by atoms with van der Waals surface area (Å²) in [7, 11) is 0. The van der Waals surface area contributed by atoms with E-state index in [1.165, 1.54) is 12.1 Å². The fourth-order valence-electron chi connectivity index (χ4n) is 3.24. The van der Waals surface area contributed by atoms with Crippen LogP contribution in [0.3, 0.4) is 0 Å². The van der Waals surface area contributed by atoms with Gasteiger partial charge in [-0.25, -0.2) is 4.79 Å². The van der Waals surface area contributed by atoms with Crippen molar-refractivity contribution in [2.24, 2.45) is 5.92 Å². The van der Waals surface area contributed by atoms with Crippen LogP contribution in [-0.2, 0) is 19.0 Å². The van der Waals surface area contributed by atoms with Gasteiger partial charge in [0.05, 0.1) is 18.1 Å². The van der Waals surface area contributed by atoms with Gasteiger partial charge < -0.3 is 29.5 Å². The number of aliphatic hydroxyl groups is 2. The predicted molar refractivity (Wildman–Crippen MR) is 71.2 cm³/mol. The summed E-state index contributed by atoms with van der Waals surface area (Å²) in [5, 5.41) is 29.7. The molecule has 1 aromatic carbocycles. The predicted octanol–water partition coefficient (Wildman–Crippen LogP) is -0.247. The van der Waals surface area contributed by atoms with E-state index in [1.54, 1.807) is 18.2 Å². The molecule has 4 rings (SSSR count). The second-order valence-corrected chi connectivity index (χ2v) is 5.63. The van der Waals surface area contributed by atoms with Crippen LogP contribution < -0.4 is 0 Å². The van der Waals surface area contributed by atoms with Gasteiger partial charge in [0.2, 0.25) is 12.1 Å². The van der Waals surface area contributed by atoms with Crippen LogP contribution in [-0.4, -0.2) is 52.2 Å². The number of phenols is 1. The Morgan fingerprint density at radius 3 is 2.73 bits per heavy atom. The van der Waals surface area contributed by atoms with Gasteiger partial charge in [-0.05, 0) is 23.8 Å². The van der Waals surface area contributed by atoms with E-state index in [2.05, 4.69) is 0 Å². The summed E-state index contributed by atoms with van der Waals surface area (Å²) >= 11 is 0. The number of benzene rings is 1. The zero-order valence-corrected chi connectivity index (χ0v) is 11.4. The second kappa shape index (κ2) is 4.53. The highest BCUT2D eigenvalue weighted by molar-refractivity contribution is 5.97.